The molecule has 2 aliphatic heterocycles. The largest absolute Gasteiger partial charge is 0.495 e. The zero-order valence-electron chi connectivity index (χ0n) is 18.5. The van der Waals surface area contributed by atoms with Crippen LogP contribution in [-0.2, 0) is 9.59 Å². The standard InChI is InChI=1S/C25H27ClN2O4/c1-15-6-8-19(16(2)11-15)22-23(27-10-4-5-17(13-27)14-29)25(31)28(24(22)30)18-7-9-21(32-3)20(26)12-18/h6-9,11-12,17,29H,4-5,10,13-14H2,1-3H3. The molecule has 0 saturated carbocycles. The molecule has 7 heteroatoms. The molecule has 0 spiro atoms. The van der Waals surface area contributed by atoms with E-state index >= 15 is 0 Å². The van der Waals surface area contributed by atoms with E-state index < -0.39 is 0 Å². The van der Waals surface area contributed by atoms with Crippen molar-refractivity contribution in [3.8, 4) is 5.75 Å². The van der Waals surface area contributed by atoms with Crippen molar-refractivity contribution in [1.29, 1.82) is 0 Å². The lowest BCUT2D eigenvalue weighted by atomic mass is 9.95. The van der Waals surface area contributed by atoms with Crippen LogP contribution in [0.15, 0.2) is 42.1 Å². The summed E-state index contributed by atoms with van der Waals surface area (Å²) in [6, 6.07) is 10.8. The quantitative estimate of drug-likeness (QED) is 0.692. The molecule has 1 atom stereocenters. The van der Waals surface area contributed by atoms with E-state index in [2.05, 4.69) is 0 Å². The van der Waals surface area contributed by atoms with Gasteiger partial charge in [0.2, 0.25) is 0 Å². The predicted molar refractivity (Wildman–Crippen MR) is 125 cm³/mol. The molecular formula is C25H27ClN2O4. The Hall–Kier alpha value is -2.83. The van der Waals surface area contributed by atoms with Crippen LogP contribution >= 0.6 is 11.6 Å². The van der Waals surface area contributed by atoms with Crippen molar-refractivity contribution in [2.24, 2.45) is 5.92 Å². The summed E-state index contributed by atoms with van der Waals surface area (Å²) >= 11 is 6.30. The number of benzene rings is 2. The van der Waals surface area contributed by atoms with Crippen molar-refractivity contribution in [2.45, 2.75) is 26.7 Å². The molecule has 2 amide bonds. The van der Waals surface area contributed by atoms with E-state index in [1.54, 1.807) is 18.2 Å². The number of carbonyl (C=O) groups is 2. The Balaban J connectivity index is 1.84. The van der Waals surface area contributed by atoms with E-state index in [1.807, 2.05) is 36.9 Å². The van der Waals surface area contributed by atoms with Gasteiger partial charge in [-0.15, -0.1) is 0 Å². The second-order valence-electron chi connectivity index (χ2n) is 8.44. The van der Waals surface area contributed by atoms with E-state index in [9.17, 15) is 14.7 Å². The fourth-order valence-electron chi connectivity index (χ4n) is 4.59. The summed E-state index contributed by atoms with van der Waals surface area (Å²) < 4.78 is 5.21. The number of hydrogen-bond donors (Lipinski definition) is 1. The highest BCUT2D eigenvalue weighted by atomic mass is 35.5. The number of anilines is 1. The number of aryl methyl sites for hydroxylation is 2. The van der Waals surface area contributed by atoms with Crippen LogP contribution in [0.4, 0.5) is 5.69 Å². The highest BCUT2D eigenvalue weighted by Crippen LogP contribution is 2.39. The summed E-state index contributed by atoms with van der Waals surface area (Å²) in [7, 11) is 1.51. The van der Waals surface area contributed by atoms with Crippen LogP contribution in [0.2, 0.25) is 5.02 Å². The van der Waals surface area contributed by atoms with E-state index in [4.69, 9.17) is 16.3 Å². The van der Waals surface area contributed by atoms with Gasteiger partial charge in [0.05, 0.1) is 23.4 Å². The van der Waals surface area contributed by atoms with Crippen LogP contribution in [0.3, 0.4) is 0 Å². The van der Waals surface area contributed by atoms with Crippen LogP contribution in [0, 0.1) is 19.8 Å². The van der Waals surface area contributed by atoms with Crippen LogP contribution in [-0.4, -0.2) is 48.6 Å². The molecule has 1 fully saturated rings. The van der Waals surface area contributed by atoms with Crippen molar-refractivity contribution in [1.82, 2.24) is 4.90 Å². The highest BCUT2D eigenvalue weighted by Gasteiger charge is 2.43. The summed E-state index contributed by atoms with van der Waals surface area (Å²) in [4.78, 5) is 30.6. The number of rotatable bonds is 5. The van der Waals surface area contributed by atoms with Crippen molar-refractivity contribution in [3.63, 3.8) is 0 Å². The minimum Gasteiger partial charge on any atom is -0.495 e. The van der Waals surface area contributed by atoms with Crippen LogP contribution in [0.1, 0.15) is 29.5 Å². The van der Waals surface area contributed by atoms with Gasteiger partial charge in [0.1, 0.15) is 11.4 Å². The smallest absolute Gasteiger partial charge is 0.282 e. The molecule has 1 saturated heterocycles. The molecule has 1 N–H and O–H groups in total. The average molecular weight is 455 g/mol. The monoisotopic (exact) mass is 454 g/mol. The maximum Gasteiger partial charge on any atom is 0.282 e. The third-order valence-corrected chi connectivity index (χ3v) is 6.49. The van der Waals surface area contributed by atoms with E-state index in [0.717, 1.165) is 29.5 Å². The fraction of sp³-hybridized carbons (Fsp3) is 0.360. The van der Waals surface area contributed by atoms with Gasteiger partial charge >= 0.3 is 0 Å². The van der Waals surface area contributed by atoms with Gasteiger partial charge in [-0.2, -0.15) is 0 Å². The van der Waals surface area contributed by atoms with Gasteiger partial charge < -0.3 is 14.7 Å². The average Bonchev–Trinajstić information content (AvgIpc) is 3.03. The van der Waals surface area contributed by atoms with E-state index in [1.165, 1.54) is 12.0 Å². The second kappa shape index (κ2) is 8.96. The molecule has 0 bridgehead atoms. The summed E-state index contributed by atoms with van der Waals surface area (Å²) in [5.74, 6) is -0.197. The SMILES string of the molecule is COc1ccc(N2C(=O)C(c3ccc(C)cc3C)=C(N3CCCC(CO)C3)C2=O)cc1Cl. The lowest BCUT2D eigenvalue weighted by molar-refractivity contribution is -0.120. The molecular weight excluding hydrogens is 428 g/mol. The fourth-order valence-corrected chi connectivity index (χ4v) is 4.85. The number of amides is 2. The van der Waals surface area contributed by atoms with Crippen LogP contribution in [0.5, 0.6) is 5.75 Å². The Morgan fingerprint density at radius 1 is 1.12 bits per heavy atom. The number of aliphatic hydroxyl groups is 1. The summed E-state index contributed by atoms with van der Waals surface area (Å²) in [5, 5.41) is 10.0. The van der Waals surface area contributed by atoms with Crippen molar-refractivity contribution >= 4 is 34.7 Å². The minimum atomic E-state index is -0.371. The van der Waals surface area contributed by atoms with Crippen molar-refractivity contribution in [3.05, 3.63) is 63.8 Å². The third-order valence-electron chi connectivity index (χ3n) is 6.20. The number of imide groups is 1. The maximum absolute atomic E-state index is 13.7. The Morgan fingerprint density at radius 2 is 1.91 bits per heavy atom. The highest BCUT2D eigenvalue weighted by molar-refractivity contribution is 6.45. The maximum atomic E-state index is 13.7. The van der Waals surface area contributed by atoms with E-state index in [-0.39, 0.29) is 24.3 Å². The number of methoxy groups -OCH3 is 1. The predicted octanol–water partition coefficient (Wildman–Crippen LogP) is 3.95. The van der Waals surface area contributed by atoms with Crippen molar-refractivity contribution < 1.29 is 19.4 Å². The van der Waals surface area contributed by atoms with Crippen LogP contribution < -0.4 is 9.64 Å². The lowest BCUT2D eigenvalue weighted by Crippen LogP contribution is -2.40. The van der Waals surface area contributed by atoms with E-state index in [0.29, 0.717) is 40.8 Å². The van der Waals surface area contributed by atoms with Gasteiger partial charge in [-0.25, -0.2) is 4.90 Å². The zero-order valence-corrected chi connectivity index (χ0v) is 19.3. The normalized spacial score (nSPS) is 19.2. The first-order chi connectivity index (χ1) is 15.3. The molecule has 4 rings (SSSR count). The first-order valence-corrected chi connectivity index (χ1v) is 11.1. The first kappa shape index (κ1) is 22.4. The zero-order chi connectivity index (χ0) is 23.0. The van der Waals surface area contributed by atoms with Gasteiger partial charge in [0.15, 0.2) is 0 Å². The molecule has 0 aromatic heterocycles. The third kappa shape index (κ3) is 3.89. The van der Waals surface area contributed by atoms with Gasteiger partial charge in [-0.1, -0.05) is 35.4 Å². The number of halogens is 1. The molecule has 2 aliphatic rings. The Kier molecular flexibility index (Phi) is 6.26. The summed E-state index contributed by atoms with van der Waals surface area (Å²) in [5.41, 5.74) is 3.97. The van der Waals surface area contributed by atoms with Crippen molar-refractivity contribution in [2.75, 3.05) is 31.7 Å². The molecule has 2 heterocycles. The molecule has 0 aliphatic carbocycles. The molecule has 2 aromatic rings. The molecule has 1 unspecified atom stereocenters. The Bertz CT molecular complexity index is 1110. The minimum absolute atomic E-state index is 0.0581. The number of carbonyl (C=O) groups excluding carboxylic acids is 2. The molecule has 6 nitrogen and oxygen atoms in total. The number of hydrogen-bond acceptors (Lipinski definition) is 5. The van der Waals surface area contributed by atoms with Gasteiger partial charge in [0.25, 0.3) is 11.8 Å². The number of ether oxygens (including phenoxy) is 1. The molecule has 0 radical (unpaired) electrons. The lowest BCUT2D eigenvalue weighted by Gasteiger charge is -2.34. The number of piperidine rings is 1. The topological polar surface area (TPSA) is 70.1 Å². The van der Waals surface area contributed by atoms with Gasteiger partial charge in [0, 0.05) is 19.7 Å². The number of likely N-dealkylation sites (tertiary alicyclic amines) is 1. The Labute approximate surface area is 193 Å². The number of nitrogens with zero attached hydrogens (tertiary/aromatic N) is 2. The molecule has 2 aromatic carbocycles. The number of aliphatic hydroxyl groups excluding tert-OH is 1. The van der Waals surface area contributed by atoms with Gasteiger partial charge in [-0.05, 0) is 61.9 Å². The second-order valence-corrected chi connectivity index (χ2v) is 8.85. The molecule has 168 valence electrons. The summed E-state index contributed by atoms with van der Waals surface area (Å²) in [6.07, 6.45) is 1.75. The summed E-state index contributed by atoms with van der Waals surface area (Å²) in [6.45, 7) is 5.20. The Morgan fingerprint density at radius 3 is 2.56 bits per heavy atom. The first-order valence-electron chi connectivity index (χ1n) is 10.8. The molecule has 32 heavy (non-hydrogen) atoms. The van der Waals surface area contributed by atoms with Gasteiger partial charge in [-0.3, -0.25) is 9.59 Å². The van der Waals surface area contributed by atoms with Crippen LogP contribution in [0.25, 0.3) is 5.57 Å².